The Balaban J connectivity index is 2.02. The molecule has 8 nitrogen and oxygen atoms in total. The Morgan fingerprint density at radius 1 is 1.22 bits per heavy atom. The molecule has 2 amide bonds. The van der Waals surface area contributed by atoms with Gasteiger partial charge in [-0.1, -0.05) is 26.3 Å². The van der Waals surface area contributed by atoms with Crippen LogP contribution in [0.2, 0.25) is 0 Å². The fourth-order valence-electron chi connectivity index (χ4n) is 3.47. The first-order chi connectivity index (χ1) is 15.4. The number of rotatable bonds is 10. The number of nitrogens with two attached hydrogens (primary N) is 1. The number of carbonyl (C=O) groups excluding carboxylic acids is 2. The average Bonchev–Trinajstić information content (AvgIpc) is 2.78. The number of nitrogens with one attached hydrogen (secondary N) is 2. The molecule has 0 aliphatic carbocycles. The maximum atomic E-state index is 12.9. The van der Waals surface area contributed by atoms with Crippen molar-refractivity contribution in [1.29, 1.82) is 0 Å². The molecule has 0 spiro atoms. The summed E-state index contributed by atoms with van der Waals surface area (Å²) < 4.78 is 10.5. The number of amides is 2. The number of aliphatic imine (C=N–C) groups is 1. The minimum absolute atomic E-state index is 0.0434. The number of guanidine groups is 1. The lowest BCUT2D eigenvalue weighted by Gasteiger charge is -2.25. The van der Waals surface area contributed by atoms with E-state index in [0.717, 1.165) is 36.3 Å². The van der Waals surface area contributed by atoms with E-state index in [1.807, 2.05) is 11.8 Å². The smallest absolute Gasteiger partial charge is 0.245 e. The molecule has 1 heterocycles. The molecule has 4 N–H and O–H groups in total. The highest BCUT2D eigenvalue weighted by molar-refractivity contribution is 7.99. The van der Waals surface area contributed by atoms with E-state index in [9.17, 15) is 9.59 Å². The number of carbonyl (C=O) groups is 2. The van der Waals surface area contributed by atoms with Crippen LogP contribution < -0.4 is 25.8 Å². The lowest BCUT2D eigenvalue weighted by Crippen LogP contribution is -2.45. The number of hydrogen-bond donors (Lipinski definition) is 3. The zero-order valence-corrected chi connectivity index (χ0v) is 20.3. The van der Waals surface area contributed by atoms with Gasteiger partial charge in [0, 0.05) is 6.04 Å². The predicted molar refractivity (Wildman–Crippen MR) is 129 cm³/mol. The maximum absolute atomic E-state index is 12.9. The van der Waals surface area contributed by atoms with Crippen LogP contribution in [-0.4, -0.2) is 55.6 Å². The molecule has 2 rings (SSSR count). The quantitative estimate of drug-likeness (QED) is 0.362. The summed E-state index contributed by atoms with van der Waals surface area (Å²) >= 11 is 1.91. The second-order valence-electron chi connectivity index (χ2n) is 8.09. The molecule has 0 aromatic heterocycles. The third kappa shape index (κ3) is 8.26. The van der Waals surface area contributed by atoms with Crippen LogP contribution in [0.4, 0.5) is 0 Å². The van der Waals surface area contributed by atoms with Gasteiger partial charge in [0.25, 0.3) is 0 Å². The summed E-state index contributed by atoms with van der Waals surface area (Å²) in [7, 11) is 3.10. The number of thioether (sulfide) groups is 1. The molecule has 0 saturated carbocycles. The lowest BCUT2D eigenvalue weighted by molar-refractivity contribution is -0.123. The van der Waals surface area contributed by atoms with Crippen molar-refractivity contribution in [2.75, 3.05) is 25.7 Å². The van der Waals surface area contributed by atoms with Gasteiger partial charge in [0.05, 0.1) is 20.6 Å². The van der Waals surface area contributed by atoms with E-state index in [-0.39, 0.29) is 30.2 Å². The molecular formula is C23H36N4O4S. The summed E-state index contributed by atoms with van der Waals surface area (Å²) in [6, 6.07) is 4.83. The van der Waals surface area contributed by atoms with Crippen LogP contribution in [0.1, 0.15) is 45.1 Å². The minimum atomic E-state index is -0.624. The minimum Gasteiger partial charge on any atom is -0.493 e. The predicted octanol–water partition coefficient (Wildman–Crippen LogP) is 2.49. The van der Waals surface area contributed by atoms with Crippen LogP contribution in [0.3, 0.4) is 0 Å². The van der Waals surface area contributed by atoms with Gasteiger partial charge in [0.2, 0.25) is 11.8 Å². The highest BCUT2D eigenvalue weighted by Crippen LogP contribution is 2.27. The third-order valence-electron chi connectivity index (χ3n) is 5.57. The number of nitrogens with zero attached hydrogens (tertiary/aromatic N) is 1. The number of ether oxygens (including phenoxy) is 2. The summed E-state index contributed by atoms with van der Waals surface area (Å²) in [4.78, 5) is 29.7. The van der Waals surface area contributed by atoms with Gasteiger partial charge in [0.15, 0.2) is 17.5 Å². The Hall–Kier alpha value is -2.42. The molecule has 32 heavy (non-hydrogen) atoms. The molecule has 1 aliphatic rings. The zero-order valence-electron chi connectivity index (χ0n) is 19.5. The largest absolute Gasteiger partial charge is 0.493 e. The van der Waals surface area contributed by atoms with Crippen LogP contribution >= 0.6 is 11.8 Å². The molecule has 1 aromatic rings. The van der Waals surface area contributed by atoms with Crippen LogP contribution in [0.15, 0.2) is 23.2 Å². The molecule has 1 fully saturated rings. The summed E-state index contributed by atoms with van der Waals surface area (Å²) in [6.45, 7) is 4.16. The van der Waals surface area contributed by atoms with Crippen LogP contribution in [0, 0.1) is 5.92 Å². The van der Waals surface area contributed by atoms with Gasteiger partial charge in [-0.2, -0.15) is 11.8 Å². The molecular weight excluding hydrogens is 428 g/mol. The van der Waals surface area contributed by atoms with Crippen molar-refractivity contribution >= 4 is 29.5 Å². The van der Waals surface area contributed by atoms with Crippen molar-refractivity contribution in [3.05, 3.63) is 23.8 Å². The standard InChI is InChI=1S/C23H36N4O4S/c1-5-15(2)12-18(22(29)25-17-8-10-32-11-9-17)26-23(24)27-21(28)14-16-6-7-19(30-3)20(13-16)31-4/h6-7,13,15,17-18H,5,8-12,14H2,1-4H3,(H,25,29)(H3,24,26,27,28)/t15?,18-/m1/s1. The molecule has 1 unspecified atom stereocenters. The molecule has 178 valence electrons. The Kier molecular flexibility index (Phi) is 10.7. The first-order valence-corrected chi connectivity index (χ1v) is 12.2. The first-order valence-electron chi connectivity index (χ1n) is 11.1. The van der Waals surface area contributed by atoms with E-state index in [4.69, 9.17) is 15.2 Å². The fraction of sp³-hybridized carbons (Fsp3) is 0.609. The number of methoxy groups -OCH3 is 2. The second kappa shape index (κ2) is 13.2. The fourth-order valence-corrected chi connectivity index (χ4v) is 4.58. The zero-order chi connectivity index (χ0) is 23.5. The SMILES string of the molecule is CCC(C)C[C@@H](N=C(N)NC(=O)Cc1ccc(OC)c(OC)c1)C(=O)NC1CCSCC1. The topological polar surface area (TPSA) is 115 Å². The molecule has 0 bridgehead atoms. The highest BCUT2D eigenvalue weighted by atomic mass is 32.2. The molecule has 1 saturated heterocycles. The highest BCUT2D eigenvalue weighted by Gasteiger charge is 2.24. The molecule has 1 aromatic carbocycles. The second-order valence-corrected chi connectivity index (χ2v) is 9.31. The Morgan fingerprint density at radius 2 is 1.91 bits per heavy atom. The first kappa shape index (κ1) is 25.8. The van der Waals surface area contributed by atoms with Gasteiger partial charge in [0.1, 0.15) is 6.04 Å². The van der Waals surface area contributed by atoms with Crippen molar-refractivity contribution < 1.29 is 19.1 Å². The molecule has 1 aliphatic heterocycles. The van der Waals surface area contributed by atoms with Gasteiger partial charge < -0.3 is 20.5 Å². The lowest BCUT2D eigenvalue weighted by atomic mass is 9.98. The van der Waals surface area contributed by atoms with Crippen LogP contribution in [0.5, 0.6) is 11.5 Å². The monoisotopic (exact) mass is 464 g/mol. The number of hydrogen-bond acceptors (Lipinski definition) is 6. The van der Waals surface area contributed by atoms with Crippen molar-refractivity contribution in [3.8, 4) is 11.5 Å². The van der Waals surface area contributed by atoms with Crippen molar-refractivity contribution in [2.24, 2.45) is 16.6 Å². The van der Waals surface area contributed by atoms with E-state index in [1.54, 1.807) is 32.4 Å². The number of benzene rings is 1. The van der Waals surface area contributed by atoms with Crippen LogP contribution in [0.25, 0.3) is 0 Å². The van der Waals surface area contributed by atoms with E-state index in [1.165, 1.54) is 0 Å². The summed E-state index contributed by atoms with van der Waals surface area (Å²) in [5.41, 5.74) is 6.76. The molecule has 0 radical (unpaired) electrons. The average molecular weight is 465 g/mol. The van der Waals surface area contributed by atoms with Gasteiger partial charge in [-0.25, -0.2) is 4.99 Å². The normalized spacial score (nSPS) is 16.7. The van der Waals surface area contributed by atoms with Gasteiger partial charge in [-0.05, 0) is 54.4 Å². The van der Waals surface area contributed by atoms with Crippen molar-refractivity contribution in [1.82, 2.24) is 10.6 Å². The Labute approximate surface area is 195 Å². The van der Waals surface area contributed by atoms with Gasteiger partial charge in [-0.15, -0.1) is 0 Å². The Morgan fingerprint density at radius 3 is 2.53 bits per heavy atom. The summed E-state index contributed by atoms with van der Waals surface area (Å²) in [5.74, 6) is 3.07. The molecule has 9 heteroatoms. The van der Waals surface area contributed by atoms with Crippen LogP contribution in [-0.2, 0) is 16.0 Å². The third-order valence-corrected chi connectivity index (χ3v) is 6.62. The van der Waals surface area contributed by atoms with Gasteiger partial charge >= 0.3 is 0 Å². The maximum Gasteiger partial charge on any atom is 0.245 e. The van der Waals surface area contributed by atoms with E-state index >= 15 is 0 Å². The van der Waals surface area contributed by atoms with E-state index in [0.29, 0.717) is 23.8 Å². The van der Waals surface area contributed by atoms with E-state index in [2.05, 4.69) is 29.5 Å². The van der Waals surface area contributed by atoms with E-state index < -0.39 is 6.04 Å². The van der Waals surface area contributed by atoms with Crippen molar-refractivity contribution in [2.45, 2.75) is 58.0 Å². The summed E-state index contributed by atoms with van der Waals surface area (Å²) in [6.07, 6.45) is 3.54. The Bertz CT molecular complexity index is 796. The molecule has 2 atom stereocenters. The van der Waals surface area contributed by atoms with Gasteiger partial charge in [-0.3, -0.25) is 14.9 Å². The summed E-state index contributed by atoms with van der Waals surface area (Å²) in [5, 5.41) is 5.73. The van der Waals surface area contributed by atoms with Crippen molar-refractivity contribution in [3.63, 3.8) is 0 Å².